The van der Waals surface area contributed by atoms with Crippen molar-refractivity contribution in [3.63, 3.8) is 0 Å². The lowest BCUT2D eigenvalue weighted by Crippen LogP contribution is -2.51. The smallest absolute Gasteiger partial charge is 0.239 e. The zero-order valence-electron chi connectivity index (χ0n) is 13.6. The highest BCUT2D eigenvalue weighted by Gasteiger charge is 2.30. The molecule has 1 saturated carbocycles. The van der Waals surface area contributed by atoms with Crippen LogP contribution in [0.15, 0.2) is 0 Å². The lowest BCUT2D eigenvalue weighted by molar-refractivity contribution is -0.131. The molecule has 0 bridgehead atoms. The summed E-state index contributed by atoms with van der Waals surface area (Å²) in [6, 6.07) is 0.476. The summed E-state index contributed by atoms with van der Waals surface area (Å²) in [5.74, 6) is 2.22. The fourth-order valence-electron chi connectivity index (χ4n) is 3.05. The van der Waals surface area contributed by atoms with Crippen LogP contribution in [0, 0.1) is 17.8 Å². The van der Waals surface area contributed by atoms with Gasteiger partial charge in [-0.1, -0.05) is 34.1 Å². The average molecular weight is 268 g/mol. The van der Waals surface area contributed by atoms with Crippen molar-refractivity contribution < 1.29 is 4.79 Å². The SMILES string of the molecule is CC(C)CC(NC1CC(C)CCC1C)C(=O)N(C)C. The number of nitrogens with one attached hydrogen (secondary N) is 1. The van der Waals surface area contributed by atoms with Gasteiger partial charge in [-0.2, -0.15) is 0 Å². The predicted molar refractivity (Wildman–Crippen MR) is 81.0 cm³/mol. The predicted octanol–water partition coefficient (Wildman–Crippen LogP) is 2.90. The molecule has 1 aliphatic carbocycles. The molecular formula is C16H32N2O. The van der Waals surface area contributed by atoms with Gasteiger partial charge in [-0.15, -0.1) is 0 Å². The molecular weight excluding hydrogens is 236 g/mol. The van der Waals surface area contributed by atoms with Gasteiger partial charge in [-0.25, -0.2) is 0 Å². The van der Waals surface area contributed by atoms with Gasteiger partial charge in [0.05, 0.1) is 6.04 Å². The van der Waals surface area contributed by atoms with E-state index >= 15 is 0 Å². The van der Waals surface area contributed by atoms with E-state index in [2.05, 4.69) is 33.0 Å². The zero-order chi connectivity index (χ0) is 14.6. The van der Waals surface area contributed by atoms with Crippen LogP contribution < -0.4 is 5.32 Å². The molecule has 1 amide bonds. The molecule has 0 radical (unpaired) electrons. The van der Waals surface area contributed by atoms with Crippen molar-refractivity contribution in [2.75, 3.05) is 14.1 Å². The number of likely N-dealkylation sites (N-methyl/N-ethyl adjacent to an activating group) is 1. The minimum Gasteiger partial charge on any atom is -0.347 e. The van der Waals surface area contributed by atoms with Crippen molar-refractivity contribution in [1.29, 1.82) is 0 Å². The molecule has 1 N–H and O–H groups in total. The van der Waals surface area contributed by atoms with Crippen molar-refractivity contribution in [2.24, 2.45) is 17.8 Å². The number of carbonyl (C=O) groups excluding carboxylic acids is 1. The van der Waals surface area contributed by atoms with Crippen LogP contribution in [0.3, 0.4) is 0 Å². The highest BCUT2D eigenvalue weighted by atomic mass is 16.2. The Morgan fingerprint density at radius 1 is 1.26 bits per heavy atom. The average Bonchev–Trinajstić information content (AvgIpc) is 2.31. The van der Waals surface area contributed by atoms with Crippen LogP contribution in [0.4, 0.5) is 0 Å². The van der Waals surface area contributed by atoms with E-state index in [1.807, 2.05) is 14.1 Å². The van der Waals surface area contributed by atoms with Crippen LogP contribution in [0.2, 0.25) is 0 Å². The number of hydrogen-bond acceptors (Lipinski definition) is 2. The number of rotatable bonds is 5. The van der Waals surface area contributed by atoms with Gasteiger partial charge in [0.25, 0.3) is 0 Å². The first-order valence-corrected chi connectivity index (χ1v) is 7.78. The third-order valence-electron chi connectivity index (χ3n) is 4.32. The minimum absolute atomic E-state index is 0.0206. The Morgan fingerprint density at radius 3 is 2.42 bits per heavy atom. The Morgan fingerprint density at radius 2 is 1.89 bits per heavy atom. The third kappa shape index (κ3) is 5.13. The second-order valence-corrected chi connectivity index (χ2v) is 7.08. The maximum atomic E-state index is 12.3. The van der Waals surface area contributed by atoms with Gasteiger partial charge in [-0.3, -0.25) is 4.79 Å². The summed E-state index contributed by atoms with van der Waals surface area (Å²) in [5, 5.41) is 3.66. The first kappa shape index (κ1) is 16.5. The molecule has 1 rings (SSSR count). The van der Waals surface area contributed by atoms with E-state index < -0.39 is 0 Å². The minimum atomic E-state index is -0.0206. The third-order valence-corrected chi connectivity index (χ3v) is 4.32. The monoisotopic (exact) mass is 268 g/mol. The summed E-state index contributed by atoms with van der Waals surface area (Å²) in [6.07, 6.45) is 4.74. The molecule has 19 heavy (non-hydrogen) atoms. The molecule has 112 valence electrons. The van der Waals surface area contributed by atoms with Gasteiger partial charge in [0.2, 0.25) is 5.91 Å². The summed E-state index contributed by atoms with van der Waals surface area (Å²) in [4.78, 5) is 14.0. The van der Waals surface area contributed by atoms with Crippen molar-refractivity contribution in [1.82, 2.24) is 10.2 Å². The van der Waals surface area contributed by atoms with Gasteiger partial charge < -0.3 is 10.2 Å². The molecule has 0 heterocycles. The number of hydrogen-bond donors (Lipinski definition) is 1. The van der Waals surface area contributed by atoms with E-state index in [4.69, 9.17) is 0 Å². The molecule has 0 aromatic heterocycles. The molecule has 3 nitrogen and oxygen atoms in total. The Labute approximate surface area is 119 Å². The molecule has 1 fully saturated rings. The van der Waals surface area contributed by atoms with Crippen LogP contribution in [-0.2, 0) is 4.79 Å². The normalized spacial score (nSPS) is 29.3. The highest BCUT2D eigenvalue weighted by molar-refractivity contribution is 5.81. The van der Waals surface area contributed by atoms with Crippen molar-refractivity contribution >= 4 is 5.91 Å². The fourth-order valence-corrected chi connectivity index (χ4v) is 3.05. The van der Waals surface area contributed by atoms with Crippen molar-refractivity contribution in [3.05, 3.63) is 0 Å². The quantitative estimate of drug-likeness (QED) is 0.831. The van der Waals surface area contributed by atoms with E-state index in [0.717, 1.165) is 12.3 Å². The summed E-state index contributed by atoms with van der Waals surface area (Å²) in [6.45, 7) is 9.01. The molecule has 0 aliphatic heterocycles. The topological polar surface area (TPSA) is 32.3 Å². The van der Waals surface area contributed by atoms with Gasteiger partial charge in [0.1, 0.15) is 0 Å². The maximum absolute atomic E-state index is 12.3. The Balaban J connectivity index is 2.67. The van der Waals surface area contributed by atoms with E-state index in [-0.39, 0.29) is 11.9 Å². The summed E-state index contributed by atoms with van der Waals surface area (Å²) in [7, 11) is 3.70. The number of nitrogens with zero attached hydrogens (tertiary/aromatic N) is 1. The highest BCUT2D eigenvalue weighted by Crippen LogP contribution is 2.29. The lowest BCUT2D eigenvalue weighted by Gasteiger charge is -2.36. The Hall–Kier alpha value is -0.570. The molecule has 4 atom stereocenters. The van der Waals surface area contributed by atoms with Gasteiger partial charge >= 0.3 is 0 Å². The van der Waals surface area contributed by atoms with Crippen LogP contribution >= 0.6 is 0 Å². The summed E-state index contributed by atoms with van der Waals surface area (Å²) >= 11 is 0. The van der Waals surface area contributed by atoms with Crippen LogP contribution in [0.25, 0.3) is 0 Å². The maximum Gasteiger partial charge on any atom is 0.239 e. The second kappa shape index (κ2) is 7.28. The number of amides is 1. The standard InChI is InChI=1S/C16H32N2O/c1-11(2)9-15(16(19)18(5)6)17-14-10-12(3)7-8-13(14)4/h11-15,17H,7-10H2,1-6H3. The fraction of sp³-hybridized carbons (Fsp3) is 0.938. The van der Waals surface area contributed by atoms with Gasteiger partial charge in [0.15, 0.2) is 0 Å². The summed E-state index contributed by atoms with van der Waals surface area (Å²) < 4.78 is 0. The molecule has 1 aliphatic rings. The first-order valence-electron chi connectivity index (χ1n) is 7.78. The zero-order valence-corrected chi connectivity index (χ0v) is 13.6. The van der Waals surface area contributed by atoms with Gasteiger partial charge in [-0.05, 0) is 37.0 Å². The molecule has 3 heteroatoms. The molecule has 0 aromatic carbocycles. The van der Waals surface area contributed by atoms with Crippen molar-refractivity contribution in [3.8, 4) is 0 Å². The van der Waals surface area contributed by atoms with Crippen LogP contribution in [-0.4, -0.2) is 37.0 Å². The summed E-state index contributed by atoms with van der Waals surface area (Å²) in [5.41, 5.74) is 0. The van der Waals surface area contributed by atoms with Crippen LogP contribution in [0.1, 0.15) is 53.4 Å². The van der Waals surface area contributed by atoms with E-state index in [0.29, 0.717) is 17.9 Å². The van der Waals surface area contributed by atoms with Gasteiger partial charge in [0, 0.05) is 20.1 Å². The molecule has 0 aromatic rings. The second-order valence-electron chi connectivity index (χ2n) is 7.08. The largest absolute Gasteiger partial charge is 0.347 e. The Kier molecular flexibility index (Phi) is 6.31. The van der Waals surface area contributed by atoms with E-state index in [9.17, 15) is 4.79 Å². The molecule has 0 saturated heterocycles. The molecule has 4 unspecified atom stereocenters. The van der Waals surface area contributed by atoms with E-state index in [1.54, 1.807) is 4.90 Å². The Bertz CT molecular complexity index is 288. The lowest BCUT2D eigenvalue weighted by atomic mass is 9.79. The van der Waals surface area contributed by atoms with E-state index in [1.165, 1.54) is 19.3 Å². The first-order chi connectivity index (χ1) is 8.81. The molecule has 0 spiro atoms. The van der Waals surface area contributed by atoms with Crippen LogP contribution in [0.5, 0.6) is 0 Å². The van der Waals surface area contributed by atoms with Crippen molar-refractivity contribution in [2.45, 2.75) is 65.5 Å². The number of carbonyl (C=O) groups is 1.